The van der Waals surface area contributed by atoms with Gasteiger partial charge in [-0.3, -0.25) is 4.79 Å². The fraction of sp³-hybridized carbons (Fsp3) is 0.667. The van der Waals surface area contributed by atoms with Crippen molar-refractivity contribution >= 4 is 23.3 Å². The summed E-state index contributed by atoms with van der Waals surface area (Å²) in [6.07, 6.45) is 2.40. The Morgan fingerprint density at radius 1 is 1.78 bits per heavy atom. The lowest BCUT2D eigenvalue weighted by Gasteiger charge is -1.86. The van der Waals surface area contributed by atoms with Gasteiger partial charge in [-0.2, -0.15) is 4.99 Å². The zero-order valence-electron chi connectivity index (χ0n) is 5.39. The van der Waals surface area contributed by atoms with Gasteiger partial charge < -0.3 is 0 Å². The Bertz CT molecular complexity index is 138. The van der Waals surface area contributed by atoms with Crippen LogP contribution < -0.4 is 0 Å². The summed E-state index contributed by atoms with van der Waals surface area (Å²) in [4.78, 5) is 13.8. The van der Waals surface area contributed by atoms with Crippen LogP contribution in [0.1, 0.15) is 26.2 Å². The molecule has 0 atom stereocenters. The van der Waals surface area contributed by atoms with Crippen LogP contribution in [0.25, 0.3) is 0 Å². The first kappa shape index (κ1) is 8.47. The molecule has 0 aliphatic rings. The number of aliphatic imine (C=N–C) groups is 1. The number of isothiocyanates is 1. The van der Waals surface area contributed by atoms with Crippen molar-refractivity contribution in [2.24, 2.45) is 4.99 Å². The largest absolute Gasteiger partial charge is 0.272 e. The molecule has 2 nitrogen and oxygen atoms in total. The standard InChI is InChI=1S/C6H9NOS/c1-2-3-4-6(8)7-5-9/h2-4H2,1H3. The minimum atomic E-state index is -0.160. The molecule has 9 heavy (non-hydrogen) atoms. The van der Waals surface area contributed by atoms with Crippen molar-refractivity contribution in [1.29, 1.82) is 0 Å². The van der Waals surface area contributed by atoms with E-state index in [1.54, 1.807) is 0 Å². The average molecular weight is 143 g/mol. The second-order valence-corrected chi connectivity index (χ2v) is 1.88. The maximum Gasteiger partial charge on any atom is 0.254 e. The third-order valence-corrected chi connectivity index (χ3v) is 1.01. The van der Waals surface area contributed by atoms with Crippen LogP contribution in [0.2, 0.25) is 0 Å². The zero-order chi connectivity index (χ0) is 7.11. The lowest BCUT2D eigenvalue weighted by atomic mass is 10.2. The van der Waals surface area contributed by atoms with E-state index >= 15 is 0 Å². The van der Waals surface area contributed by atoms with Gasteiger partial charge in [0.25, 0.3) is 5.91 Å². The number of amides is 1. The number of carbonyl (C=O) groups is 1. The fourth-order valence-corrected chi connectivity index (χ4v) is 0.537. The summed E-state index contributed by atoms with van der Waals surface area (Å²) in [5.41, 5.74) is 0. The Morgan fingerprint density at radius 3 is 2.89 bits per heavy atom. The molecule has 50 valence electrons. The molecule has 3 heteroatoms. The molecule has 0 fully saturated rings. The molecule has 0 saturated heterocycles. The lowest BCUT2D eigenvalue weighted by Crippen LogP contribution is -1.90. The van der Waals surface area contributed by atoms with E-state index in [0.717, 1.165) is 12.8 Å². The summed E-state index contributed by atoms with van der Waals surface area (Å²) in [7, 11) is 0. The van der Waals surface area contributed by atoms with Gasteiger partial charge in [-0.25, -0.2) is 0 Å². The van der Waals surface area contributed by atoms with Gasteiger partial charge in [-0.15, -0.1) is 0 Å². The third kappa shape index (κ3) is 5.34. The van der Waals surface area contributed by atoms with Crippen molar-refractivity contribution in [3.8, 4) is 0 Å². The average Bonchev–Trinajstić information content (AvgIpc) is 1.85. The van der Waals surface area contributed by atoms with E-state index in [0.29, 0.717) is 6.42 Å². The van der Waals surface area contributed by atoms with E-state index in [1.165, 1.54) is 0 Å². The predicted octanol–water partition coefficient (Wildman–Crippen LogP) is 1.81. The molecule has 0 aliphatic carbocycles. The lowest BCUT2D eigenvalue weighted by molar-refractivity contribution is -0.117. The molecule has 0 heterocycles. The third-order valence-electron chi connectivity index (χ3n) is 0.915. The van der Waals surface area contributed by atoms with E-state index in [2.05, 4.69) is 17.2 Å². The minimum absolute atomic E-state index is 0.160. The Hall–Kier alpha value is -0.530. The molecule has 0 aromatic rings. The maximum absolute atomic E-state index is 10.5. The van der Waals surface area contributed by atoms with Crippen molar-refractivity contribution in [2.45, 2.75) is 26.2 Å². The number of hydrogen-bond acceptors (Lipinski definition) is 2. The predicted molar refractivity (Wildman–Crippen MR) is 39.6 cm³/mol. The van der Waals surface area contributed by atoms with Crippen LogP contribution in [-0.2, 0) is 4.79 Å². The molecule has 0 unspecified atom stereocenters. The van der Waals surface area contributed by atoms with Crippen LogP contribution in [0.15, 0.2) is 4.99 Å². The summed E-state index contributed by atoms with van der Waals surface area (Å²) in [6.45, 7) is 2.02. The number of rotatable bonds is 3. The Balaban J connectivity index is 3.39. The van der Waals surface area contributed by atoms with Gasteiger partial charge in [0.05, 0.1) is 5.16 Å². The topological polar surface area (TPSA) is 29.4 Å². The van der Waals surface area contributed by atoms with Gasteiger partial charge in [-0.1, -0.05) is 13.3 Å². The van der Waals surface area contributed by atoms with E-state index in [4.69, 9.17) is 0 Å². The molecule has 0 aliphatic heterocycles. The van der Waals surface area contributed by atoms with Gasteiger partial charge in [0.1, 0.15) is 0 Å². The molecule has 0 rings (SSSR count). The van der Waals surface area contributed by atoms with E-state index in [1.807, 2.05) is 12.1 Å². The molecule has 0 radical (unpaired) electrons. The van der Waals surface area contributed by atoms with E-state index in [9.17, 15) is 4.79 Å². The van der Waals surface area contributed by atoms with Gasteiger partial charge in [0.15, 0.2) is 0 Å². The zero-order valence-corrected chi connectivity index (χ0v) is 6.20. The normalized spacial score (nSPS) is 8.11. The van der Waals surface area contributed by atoms with Crippen LogP contribution in [0, 0.1) is 0 Å². The molecule has 0 N–H and O–H groups in total. The maximum atomic E-state index is 10.5. The number of thiocarbonyl (C=S) groups is 1. The summed E-state index contributed by atoms with van der Waals surface area (Å²) in [5.74, 6) is -0.160. The number of nitrogens with zero attached hydrogens (tertiary/aromatic N) is 1. The van der Waals surface area contributed by atoms with Crippen molar-refractivity contribution in [3.05, 3.63) is 0 Å². The summed E-state index contributed by atoms with van der Waals surface area (Å²) in [6, 6.07) is 0. The van der Waals surface area contributed by atoms with E-state index in [-0.39, 0.29) is 5.91 Å². The molecule has 1 amide bonds. The van der Waals surface area contributed by atoms with Crippen LogP contribution >= 0.6 is 12.2 Å². The molecular formula is C6H9NOS. The Morgan fingerprint density at radius 2 is 2.44 bits per heavy atom. The van der Waals surface area contributed by atoms with Crippen molar-refractivity contribution < 1.29 is 4.79 Å². The van der Waals surface area contributed by atoms with Gasteiger partial charge in [0, 0.05) is 6.42 Å². The van der Waals surface area contributed by atoms with E-state index < -0.39 is 0 Å². The van der Waals surface area contributed by atoms with Crippen molar-refractivity contribution in [2.75, 3.05) is 0 Å². The molecular weight excluding hydrogens is 134 g/mol. The van der Waals surface area contributed by atoms with Gasteiger partial charge >= 0.3 is 0 Å². The highest BCUT2D eigenvalue weighted by Gasteiger charge is 1.93. The fourth-order valence-electron chi connectivity index (χ4n) is 0.435. The van der Waals surface area contributed by atoms with Crippen LogP contribution in [-0.4, -0.2) is 11.1 Å². The second kappa shape index (κ2) is 5.60. The van der Waals surface area contributed by atoms with Crippen molar-refractivity contribution in [3.63, 3.8) is 0 Å². The summed E-state index contributed by atoms with van der Waals surface area (Å²) < 4.78 is 0. The monoisotopic (exact) mass is 143 g/mol. The second-order valence-electron chi connectivity index (χ2n) is 1.70. The molecule has 0 saturated carbocycles. The highest BCUT2D eigenvalue weighted by atomic mass is 32.1. The minimum Gasteiger partial charge on any atom is -0.272 e. The van der Waals surface area contributed by atoms with Crippen LogP contribution in [0.5, 0.6) is 0 Å². The molecule has 0 aromatic heterocycles. The number of unbranched alkanes of at least 4 members (excludes halogenated alkanes) is 1. The van der Waals surface area contributed by atoms with Crippen molar-refractivity contribution in [1.82, 2.24) is 0 Å². The molecule has 0 spiro atoms. The highest BCUT2D eigenvalue weighted by molar-refractivity contribution is 7.78. The quantitative estimate of drug-likeness (QED) is 0.445. The van der Waals surface area contributed by atoms with Gasteiger partial charge in [0.2, 0.25) is 0 Å². The Kier molecular flexibility index (Phi) is 5.27. The first-order valence-corrected chi connectivity index (χ1v) is 3.32. The number of carbonyl (C=O) groups excluding carboxylic acids is 1. The van der Waals surface area contributed by atoms with Gasteiger partial charge in [-0.05, 0) is 18.6 Å². The summed E-state index contributed by atoms with van der Waals surface area (Å²) in [5, 5.41) is 2.04. The first-order valence-electron chi connectivity index (χ1n) is 2.92. The SMILES string of the molecule is CCCCC(=O)N=C=S. The van der Waals surface area contributed by atoms with Crippen LogP contribution in [0.3, 0.4) is 0 Å². The molecule has 0 aromatic carbocycles. The summed E-state index contributed by atoms with van der Waals surface area (Å²) >= 11 is 4.24. The highest BCUT2D eigenvalue weighted by Crippen LogP contribution is 1.94. The smallest absolute Gasteiger partial charge is 0.254 e. The Labute approximate surface area is 60.0 Å². The molecule has 0 bridgehead atoms. The van der Waals surface area contributed by atoms with Crippen LogP contribution in [0.4, 0.5) is 0 Å². The number of hydrogen-bond donors (Lipinski definition) is 0. The first-order chi connectivity index (χ1) is 4.31.